The molecule has 1 fully saturated rings. The second-order valence-corrected chi connectivity index (χ2v) is 6.02. The highest BCUT2D eigenvalue weighted by atomic mass is 16.3. The molecule has 0 saturated carbocycles. The average molecular weight is 248 g/mol. The van der Waals surface area contributed by atoms with Gasteiger partial charge in [-0.15, -0.1) is 0 Å². The number of nitrogens with zero attached hydrogens (tertiary/aromatic N) is 2. The van der Waals surface area contributed by atoms with Crippen LogP contribution in [0.4, 0.5) is 5.69 Å². The molecule has 0 amide bonds. The number of aliphatic hydroxyl groups is 1. The van der Waals surface area contributed by atoms with Gasteiger partial charge in [0.15, 0.2) is 0 Å². The van der Waals surface area contributed by atoms with E-state index in [0.29, 0.717) is 11.8 Å². The minimum absolute atomic E-state index is 0.431. The molecule has 3 nitrogen and oxygen atoms in total. The molecule has 0 aromatic carbocycles. The Bertz CT molecular complexity index is 376. The SMILES string of the molecule is CC[C@@H](O)c1ccc(N2CCC(C)(C)CC2)cn1. The van der Waals surface area contributed by atoms with Crippen LogP contribution in [0.25, 0.3) is 0 Å². The van der Waals surface area contributed by atoms with E-state index in [-0.39, 0.29) is 0 Å². The van der Waals surface area contributed by atoms with E-state index in [4.69, 9.17) is 0 Å². The largest absolute Gasteiger partial charge is 0.387 e. The van der Waals surface area contributed by atoms with Crippen molar-refractivity contribution in [1.29, 1.82) is 0 Å². The van der Waals surface area contributed by atoms with Gasteiger partial charge >= 0.3 is 0 Å². The van der Waals surface area contributed by atoms with Crippen molar-refractivity contribution in [3.05, 3.63) is 24.0 Å². The van der Waals surface area contributed by atoms with Crippen LogP contribution in [0.15, 0.2) is 18.3 Å². The third-order valence-electron chi connectivity index (χ3n) is 3.98. The van der Waals surface area contributed by atoms with Crippen LogP contribution in [0, 0.1) is 5.41 Å². The zero-order valence-electron chi connectivity index (χ0n) is 11.7. The first-order valence-corrected chi connectivity index (χ1v) is 6.91. The van der Waals surface area contributed by atoms with Crippen molar-refractivity contribution in [3.8, 4) is 0 Å². The summed E-state index contributed by atoms with van der Waals surface area (Å²) in [4.78, 5) is 6.76. The molecule has 100 valence electrons. The Balaban J connectivity index is 2.02. The molecular formula is C15H24N2O. The summed E-state index contributed by atoms with van der Waals surface area (Å²) in [6, 6.07) is 4.03. The third kappa shape index (κ3) is 3.02. The van der Waals surface area contributed by atoms with Gasteiger partial charge in [-0.2, -0.15) is 0 Å². The minimum atomic E-state index is -0.431. The first-order chi connectivity index (χ1) is 8.52. The Labute approximate surface area is 110 Å². The van der Waals surface area contributed by atoms with E-state index in [9.17, 15) is 5.11 Å². The number of anilines is 1. The molecule has 2 rings (SSSR count). The van der Waals surface area contributed by atoms with Gasteiger partial charge in [-0.3, -0.25) is 4.98 Å². The molecule has 1 aromatic rings. The number of hydrogen-bond acceptors (Lipinski definition) is 3. The highest BCUT2D eigenvalue weighted by Crippen LogP contribution is 2.32. The summed E-state index contributed by atoms with van der Waals surface area (Å²) in [5, 5.41) is 9.72. The van der Waals surface area contributed by atoms with Crippen molar-refractivity contribution in [2.24, 2.45) is 5.41 Å². The number of aromatic nitrogens is 1. The first kappa shape index (κ1) is 13.3. The van der Waals surface area contributed by atoms with Crippen LogP contribution in [0.1, 0.15) is 51.8 Å². The van der Waals surface area contributed by atoms with E-state index in [0.717, 1.165) is 18.8 Å². The zero-order valence-corrected chi connectivity index (χ0v) is 11.7. The lowest BCUT2D eigenvalue weighted by molar-refractivity contribution is 0.169. The maximum absolute atomic E-state index is 9.72. The Hall–Kier alpha value is -1.09. The monoisotopic (exact) mass is 248 g/mol. The predicted molar refractivity (Wildman–Crippen MR) is 74.7 cm³/mol. The highest BCUT2D eigenvalue weighted by Gasteiger charge is 2.25. The van der Waals surface area contributed by atoms with Gasteiger partial charge in [0, 0.05) is 13.1 Å². The van der Waals surface area contributed by atoms with Crippen molar-refractivity contribution in [2.75, 3.05) is 18.0 Å². The Kier molecular flexibility index (Phi) is 3.91. The summed E-state index contributed by atoms with van der Waals surface area (Å²) < 4.78 is 0. The molecular weight excluding hydrogens is 224 g/mol. The van der Waals surface area contributed by atoms with Gasteiger partial charge in [-0.05, 0) is 36.8 Å². The molecule has 1 aliphatic heterocycles. The molecule has 18 heavy (non-hydrogen) atoms. The van der Waals surface area contributed by atoms with Crippen LogP contribution in [0.3, 0.4) is 0 Å². The predicted octanol–water partition coefficient (Wildman–Crippen LogP) is 3.15. The van der Waals surface area contributed by atoms with Crippen molar-refractivity contribution < 1.29 is 5.11 Å². The van der Waals surface area contributed by atoms with Gasteiger partial charge in [0.1, 0.15) is 0 Å². The molecule has 0 radical (unpaired) electrons. The quantitative estimate of drug-likeness (QED) is 0.892. The Morgan fingerprint density at radius 2 is 2.00 bits per heavy atom. The van der Waals surface area contributed by atoms with E-state index < -0.39 is 6.10 Å². The summed E-state index contributed by atoms with van der Waals surface area (Å²) in [6.45, 7) is 8.84. The van der Waals surface area contributed by atoms with E-state index in [2.05, 4.69) is 29.8 Å². The Morgan fingerprint density at radius 3 is 2.50 bits per heavy atom. The average Bonchev–Trinajstić information content (AvgIpc) is 2.38. The fourth-order valence-electron chi connectivity index (χ4n) is 2.36. The molecule has 1 aromatic heterocycles. The number of aliphatic hydroxyl groups excluding tert-OH is 1. The molecule has 1 saturated heterocycles. The number of pyridine rings is 1. The highest BCUT2D eigenvalue weighted by molar-refractivity contribution is 5.45. The number of hydrogen-bond donors (Lipinski definition) is 1. The van der Waals surface area contributed by atoms with Crippen molar-refractivity contribution in [2.45, 2.75) is 46.1 Å². The molecule has 2 heterocycles. The summed E-state index contributed by atoms with van der Waals surface area (Å²) in [6.07, 6.45) is 4.63. The summed E-state index contributed by atoms with van der Waals surface area (Å²) in [5.74, 6) is 0. The van der Waals surface area contributed by atoms with Crippen LogP contribution in [-0.2, 0) is 0 Å². The molecule has 1 atom stereocenters. The lowest BCUT2D eigenvalue weighted by atomic mass is 9.82. The topological polar surface area (TPSA) is 36.4 Å². The molecule has 1 aliphatic rings. The minimum Gasteiger partial charge on any atom is -0.387 e. The van der Waals surface area contributed by atoms with E-state index in [1.165, 1.54) is 18.5 Å². The first-order valence-electron chi connectivity index (χ1n) is 6.91. The van der Waals surface area contributed by atoms with Gasteiger partial charge in [-0.1, -0.05) is 20.8 Å². The molecule has 1 N–H and O–H groups in total. The molecule has 0 aliphatic carbocycles. The number of rotatable bonds is 3. The Morgan fingerprint density at radius 1 is 1.33 bits per heavy atom. The van der Waals surface area contributed by atoms with Crippen LogP contribution >= 0.6 is 0 Å². The van der Waals surface area contributed by atoms with Crippen LogP contribution in [-0.4, -0.2) is 23.2 Å². The molecule has 3 heteroatoms. The molecule has 0 bridgehead atoms. The maximum Gasteiger partial charge on any atom is 0.0957 e. The summed E-state index contributed by atoms with van der Waals surface area (Å²) in [7, 11) is 0. The van der Waals surface area contributed by atoms with Crippen LogP contribution in [0.5, 0.6) is 0 Å². The van der Waals surface area contributed by atoms with Crippen LogP contribution < -0.4 is 4.90 Å². The molecule has 0 spiro atoms. The lowest BCUT2D eigenvalue weighted by Crippen LogP contribution is -2.37. The van der Waals surface area contributed by atoms with Crippen LogP contribution in [0.2, 0.25) is 0 Å². The standard InChI is InChI=1S/C15H24N2O/c1-4-14(18)13-6-5-12(11-16-13)17-9-7-15(2,3)8-10-17/h5-6,11,14,18H,4,7-10H2,1-3H3/t14-/m1/s1. The van der Waals surface area contributed by atoms with E-state index in [1.807, 2.05) is 19.2 Å². The second kappa shape index (κ2) is 5.27. The van der Waals surface area contributed by atoms with Gasteiger partial charge < -0.3 is 10.0 Å². The maximum atomic E-state index is 9.72. The fraction of sp³-hybridized carbons (Fsp3) is 0.667. The normalized spacial score (nSPS) is 20.8. The summed E-state index contributed by atoms with van der Waals surface area (Å²) >= 11 is 0. The molecule has 0 unspecified atom stereocenters. The number of piperidine rings is 1. The van der Waals surface area contributed by atoms with Gasteiger partial charge in [0.05, 0.1) is 23.7 Å². The zero-order chi connectivity index (χ0) is 13.2. The van der Waals surface area contributed by atoms with Crippen molar-refractivity contribution in [3.63, 3.8) is 0 Å². The van der Waals surface area contributed by atoms with Gasteiger partial charge in [0.2, 0.25) is 0 Å². The van der Waals surface area contributed by atoms with Gasteiger partial charge in [-0.25, -0.2) is 0 Å². The smallest absolute Gasteiger partial charge is 0.0957 e. The lowest BCUT2D eigenvalue weighted by Gasteiger charge is -2.38. The summed E-state index contributed by atoms with van der Waals surface area (Å²) in [5.41, 5.74) is 2.43. The van der Waals surface area contributed by atoms with E-state index >= 15 is 0 Å². The van der Waals surface area contributed by atoms with Crippen molar-refractivity contribution in [1.82, 2.24) is 4.98 Å². The second-order valence-electron chi connectivity index (χ2n) is 6.02. The van der Waals surface area contributed by atoms with Gasteiger partial charge in [0.25, 0.3) is 0 Å². The fourth-order valence-corrected chi connectivity index (χ4v) is 2.36. The van der Waals surface area contributed by atoms with E-state index in [1.54, 1.807) is 0 Å². The van der Waals surface area contributed by atoms with Crippen molar-refractivity contribution >= 4 is 5.69 Å². The third-order valence-corrected chi connectivity index (χ3v) is 3.98.